The molecule has 0 fully saturated rings. The number of benzene rings is 1. The van der Waals surface area contributed by atoms with Gasteiger partial charge in [0.25, 0.3) is 0 Å². The standard InChI is InChI=1S/C16H23FN2OS/c1-9(2)11(10(3)4)8-19-14-7-15(20-5)12(17)6-13(14)18-16(19)21/h6-7,9-11H,8H2,1-5H3,(H,18,21). The number of hydrogen-bond acceptors (Lipinski definition) is 2. The number of aromatic nitrogens is 2. The van der Waals surface area contributed by atoms with Crippen LogP contribution in [0.25, 0.3) is 11.0 Å². The van der Waals surface area contributed by atoms with E-state index in [1.165, 1.54) is 13.2 Å². The number of nitrogens with zero attached hydrogens (tertiary/aromatic N) is 1. The molecule has 5 heteroatoms. The van der Waals surface area contributed by atoms with E-state index in [0.29, 0.717) is 28.0 Å². The Morgan fingerprint density at radius 3 is 2.38 bits per heavy atom. The quantitative estimate of drug-likeness (QED) is 0.806. The van der Waals surface area contributed by atoms with E-state index in [2.05, 4.69) is 37.2 Å². The molecular formula is C16H23FN2OS. The van der Waals surface area contributed by atoms with Crippen LogP contribution in [0.15, 0.2) is 12.1 Å². The fourth-order valence-corrected chi connectivity index (χ4v) is 3.18. The maximum Gasteiger partial charge on any atom is 0.178 e. The van der Waals surface area contributed by atoms with Gasteiger partial charge in [-0.15, -0.1) is 0 Å². The summed E-state index contributed by atoms with van der Waals surface area (Å²) >= 11 is 5.41. The van der Waals surface area contributed by atoms with Crippen LogP contribution < -0.4 is 4.74 Å². The highest BCUT2D eigenvalue weighted by Crippen LogP contribution is 2.28. The molecule has 0 saturated carbocycles. The first kappa shape index (κ1) is 16.0. The fourth-order valence-electron chi connectivity index (χ4n) is 2.90. The van der Waals surface area contributed by atoms with Gasteiger partial charge in [0.2, 0.25) is 0 Å². The zero-order valence-electron chi connectivity index (χ0n) is 13.2. The van der Waals surface area contributed by atoms with Gasteiger partial charge >= 0.3 is 0 Å². The van der Waals surface area contributed by atoms with Crippen molar-refractivity contribution < 1.29 is 9.13 Å². The Balaban J connectivity index is 2.53. The van der Waals surface area contributed by atoms with Gasteiger partial charge in [-0.2, -0.15) is 0 Å². The Labute approximate surface area is 130 Å². The smallest absolute Gasteiger partial charge is 0.178 e. The lowest BCUT2D eigenvalue weighted by atomic mass is 9.85. The number of fused-ring (bicyclic) bond motifs is 1. The average molecular weight is 310 g/mol. The molecule has 0 bridgehead atoms. The van der Waals surface area contributed by atoms with Crippen molar-refractivity contribution >= 4 is 23.3 Å². The molecule has 0 atom stereocenters. The minimum absolute atomic E-state index is 0.246. The molecule has 0 aliphatic rings. The summed E-state index contributed by atoms with van der Waals surface area (Å²) in [6.45, 7) is 9.72. The molecule has 0 saturated heterocycles. The van der Waals surface area contributed by atoms with E-state index in [1.807, 2.05) is 0 Å². The minimum Gasteiger partial charge on any atom is -0.494 e. The lowest BCUT2D eigenvalue weighted by Crippen LogP contribution is -2.21. The first-order valence-electron chi connectivity index (χ1n) is 7.31. The molecule has 1 heterocycles. The first-order valence-corrected chi connectivity index (χ1v) is 7.72. The van der Waals surface area contributed by atoms with Crippen LogP contribution in [-0.4, -0.2) is 16.7 Å². The van der Waals surface area contributed by atoms with Crippen LogP contribution in [-0.2, 0) is 6.54 Å². The minimum atomic E-state index is -0.377. The second-order valence-corrected chi connectivity index (χ2v) is 6.58. The SMILES string of the molecule is COc1cc2c(cc1F)[nH]c(=S)n2CC(C(C)C)C(C)C. The lowest BCUT2D eigenvalue weighted by molar-refractivity contribution is 0.253. The Kier molecular flexibility index (Phi) is 4.71. The van der Waals surface area contributed by atoms with Gasteiger partial charge in [0.05, 0.1) is 18.1 Å². The van der Waals surface area contributed by atoms with Crippen LogP contribution in [0.4, 0.5) is 4.39 Å². The topological polar surface area (TPSA) is 29.9 Å². The largest absolute Gasteiger partial charge is 0.494 e. The maximum atomic E-state index is 13.8. The Bertz CT molecular complexity index is 679. The molecule has 3 nitrogen and oxygen atoms in total. The van der Waals surface area contributed by atoms with Crippen molar-refractivity contribution in [2.45, 2.75) is 34.2 Å². The number of aromatic amines is 1. The van der Waals surface area contributed by atoms with Gasteiger partial charge < -0.3 is 14.3 Å². The normalized spacial score (nSPS) is 12.0. The van der Waals surface area contributed by atoms with Crippen LogP contribution in [0.1, 0.15) is 27.7 Å². The zero-order valence-corrected chi connectivity index (χ0v) is 14.1. The summed E-state index contributed by atoms with van der Waals surface area (Å²) in [5, 5.41) is 0. The average Bonchev–Trinajstić information content (AvgIpc) is 2.68. The summed E-state index contributed by atoms with van der Waals surface area (Å²) in [5.74, 6) is 1.48. The molecule has 0 aliphatic carbocycles. The third-order valence-corrected chi connectivity index (χ3v) is 4.48. The molecule has 1 N–H and O–H groups in total. The highest BCUT2D eigenvalue weighted by atomic mass is 32.1. The Hall–Kier alpha value is -1.36. The molecule has 1 aromatic carbocycles. The van der Waals surface area contributed by atoms with E-state index in [9.17, 15) is 4.39 Å². The highest BCUT2D eigenvalue weighted by Gasteiger charge is 2.20. The van der Waals surface area contributed by atoms with Gasteiger partial charge in [0.1, 0.15) is 0 Å². The van der Waals surface area contributed by atoms with Gasteiger partial charge in [0.15, 0.2) is 16.3 Å². The van der Waals surface area contributed by atoms with Crippen molar-refractivity contribution in [3.8, 4) is 5.75 Å². The molecule has 0 amide bonds. The summed E-state index contributed by atoms with van der Waals surface area (Å²) in [5.41, 5.74) is 1.61. The maximum absolute atomic E-state index is 13.8. The number of halogens is 1. The number of rotatable bonds is 5. The number of nitrogens with one attached hydrogen (secondary N) is 1. The van der Waals surface area contributed by atoms with Crippen LogP contribution in [0.3, 0.4) is 0 Å². The van der Waals surface area contributed by atoms with E-state index in [1.54, 1.807) is 6.07 Å². The van der Waals surface area contributed by atoms with E-state index in [0.717, 1.165) is 12.1 Å². The van der Waals surface area contributed by atoms with Gasteiger partial charge in [-0.25, -0.2) is 4.39 Å². The molecule has 0 radical (unpaired) electrons. The van der Waals surface area contributed by atoms with Gasteiger partial charge in [-0.1, -0.05) is 27.7 Å². The lowest BCUT2D eigenvalue weighted by Gasteiger charge is -2.25. The Morgan fingerprint density at radius 1 is 1.24 bits per heavy atom. The summed E-state index contributed by atoms with van der Waals surface area (Å²) in [7, 11) is 1.47. The number of H-pyrrole nitrogens is 1. The highest BCUT2D eigenvalue weighted by molar-refractivity contribution is 7.71. The van der Waals surface area contributed by atoms with E-state index in [4.69, 9.17) is 17.0 Å². The van der Waals surface area contributed by atoms with Crippen molar-refractivity contribution in [1.29, 1.82) is 0 Å². The third kappa shape index (κ3) is 3.12. The van der Waals surface area contributed by atoms with Crippen molar-refractivity contribution in [3.05, 3.63) is 22.7 Å². The molecular weight excluding hydrogens is 287 g/mol. The number of imidazole rings is 1. The van der Waals surface area contributed by atoms with Gasteiger partial charge in [-0.05, 0) is 30.0 Å². The van der Waals surface area contributed by atoms with Crippen LogP contribution in [0.5, 0.6) is 5.75 Å². The Morgan fingerprint density at radius 2 is 1.86 bits per heavy atom. The van der Waals surface area contributed by atoms with Crippen molar-refractivity contribution in [3.63, 3.8) is 0 Å². The molecule has 2 rings (SSSR count). The molecule has 2 aromatic rings. The molecule has 0 spiro atoms. The summed E-state index contributed by atoms with van der Waals surface area (Å²) < 4.78 is 21.6. The summed E-state index contributed by atoms with van der Waals surface area (Å²) in [6.07, 6.45) is 0. The van der Waals surface area contributed by atoms with Crippen molar-refractivity contribution in [1.82, 2.24) is 9.55 Å². The number of hydrogen-bond donors (Lipinski definition) is 1. The fraction of sp³-hybridized carbons (Fsp3) is 0.562. The molecule has 116 valence electrons. The predicted octanol–water partition coefficient (Wildman–Crippen LogP) is 4.77. The van der Waals surface area contributed by atoms with Crippen molar-refractivity contribution in [2.75, 3.05) is 7.11 Å². The zero-order chi connectivity index (χ0) is 15.7. The predicted molar refractivity (Wildman–Crippen MR) is 86.8 cm³/mol. The number of ether oxygens (including phenoxy) is 1. The van der Waals surface area contributed by atoms with Crippen LogP contribution in [0.2, 0.25) is 0 Å². The third-order valence-electron chi connectivity index (χ3n) is 4.15. The summed E-state index contributed by atoms with van der Waals surface area (Å²) in [6, 6.07) is 3.16. The van der Waals surface area contributed by atoms with Crippen LogP contribution in [0, 0.1) is 28.3 Å². The number of methoxy groups -OCH3 is 1. The van der Waals surface area contributed by atoms with Gasteiger partial charge in [-0.3, -0.25) is 0 Å². The van der Waals surface area contributed by atoms with Gasteiger partial charge in [0, 0.05) is 18.7 Å². The first-order chi connectivity index (χ1) is 9.85. The van der Waals surface area contributed by atoms with E-state index >= 15 is 0 Å². The molecule has 0 aliphatic heterocycles. The van der Waals surface area contributed by atoms with Crippen LogP contribution >= 0.6 is 12.2 Å². The van der Waals surface area contributed by atoms with Crippen molar-refractivity contribution in [2.24, 2.45) is 17.8 Å². The molecule has 1 aromatic heterocycles. The monoisotopic (exact) mass is 310 g/mol. The molecule has 0 unspecified atom stereocenters. The second-order valence-electron chi connectivity index (χ2n) is 6.20. The second kappa shape index (κ2) is 6.18. The van der Waals surface area contributed by atoms with E-state index < -0.39 is 0 Å². The molecule has 21 heavy (non-hydrogen) atoms. The summed E-state index contributed by atoms with van der Waals surface area (Å²) in [4.78, 5) is 3.08. The van der Waals surface area contributed by atoms with E-state index in [-0.39, 0.29) is 11.6 Å².